The molecule has 1 aromatic rings. The van der Waals surface area contributed by atoms with Gasteiger partial charge in [0.05, 0.1) is 11.7 Å². The molecule has 3 fully saturated rings. The predicted molar refractivity (Wildman–Crippen MR) is 117 cm³/mol. The first-order chi connectivity index (χ1) is 14.0. The van der Waals surface area contributed by atoms with Gasteiger partial charge in [-0.3, -0.25) is 19.9 Å². The van der Waals surface area contributed by atoms with E-state index < -0.39 is 23.8 Å². The van der Waals surface area contributed by atoms with Gasteiger partial charge in [-0.2, -0.15) is 0 Å². The van der Waals surface area contributed by atoms with Gasteiger partial charge in [-0.05, 0) is 67.9 Å². The van der Waals surface area contributed by atoms with Gasteiger partial charge in [-0.15, -0.1) is 0 Å². The molecule has 2 bridgehead atoms. The minimum atomic E-state index is -1.09. The molecule has 1 heterocycles. The first-order valence-corrected chi connectivity index (χ1v) is 10.8. The normalized spacial score (nSPS) is 32.9. The van der Waals surface area contributed by atoms with Crippen molar-refractivity contribution in [3.8, 4) is 0 Å². The fourth-order valence-corrected chi connectivity index (χ4v) is 6.04. The Morgan fingerprint density at radius 1 is 1.10 bits per heavy atom. The number of barbiturate groups is 1. The van der Waals surface area contributed by atoms with Crippen LogP contribution in [0.3, 0.4) is 0 Å². The number of anilines is 1. The van der Waals surface area contributed by atoms with Crippen molar-refractivity contribution in [3.05, 3.63) is 28.8 Å². The zero-order valence-corrected chi connectivity index (χ0v) is 18.7. The van der Waals surface area contributed by atoms with Gasteiger partial charge in [-0.25, -0.2) is 9.69 Å². The van der Waals surface area contributed by atoms with E-state index in [0.29, 0.717) is 11.6 Å². The van der Waals surface area contributed by atoms with Crippen LogP contribution < -0.4 is 10.2 Å². The molecule has 2 saturated carbocycles. The van der Waals surface area contributed by atoms with Gasteiger partial charge in [0.15, 0.2) is 5.92 Å². The Hall–Kier alpha value is -2.50. The maximum Gasteiger partial charge on any atom is 0.335 e. The molecule has 30 heavy (non-hydrogen) atoms. The number of fused-ring (bicyclic) bond motifs is 2. The number of aryl methyl sites for hydroxylation is 3. The van der Waals surface area contributed by atoms with Gasteiger partial charge in [0, 0.05) is 6.21 Å². The molecule has 0 unspecified atom stereocenters. The lowest BCUT2D eigenvalue weighted by Gasteiger charge is -2.37. The average Bonchev–Trinajstić information content (AvgIpc) is 2.96. The van der Waals surface area contributed by atoms with Crippen molar-refractivity contribution < 1.29 is 14.4 Å². The lowest BCUT2D eigenvalue weighted by molar-refractivity contribution is -0.131. The third kappa shape index (κ3) is 2.83. The summed E-state index contributed by atoms with van der Waals surface area (Å²) in [5.74, 6) is -1.60. The summed E-state index contributed by atoms with van der Waals surface area (Å²) in [5.41, 5.74) is 3.52. The molecular weight excluding hydrogens is 378 g/mol. The molecule has 1 saturated heterocycles. The first-order valence-electron chi connectivity index (χ1n) is 10.8. The molecule has 160 valence electrons. The van der Waals surface area contributed by atoms with Crippen LogP contribution in [-0.4, -0.2) is 30.1 Å². The quantitative estimate of drug-likeness (QED) is 0.603. The summed E-state index contributed by atoms with van der Waals surface area (Å²) >= 11 is 0. The van der Waals surface area contributed by atoms with E-state index in [1.54, 1.807) is 0 Å². The summed E-state index contributed by atoms with van der Waals surface area (Å²) < 4.78 is 0. The van der Waals surface area contributed by atoms with Crippen LogP contribution in [0.5, 0.6) is 0 Å². The van der Waals surface area contributed by atoms with Crippen LogP contribution in [0.25, 0.3) is 0 Å². The lowest BCUT2D eigenvalue weighted by atomic mass is 9.69. The van der Waals surface area contributed by atoms with Crippen LogP contribution in [0, 0.1) is 43.4 Å². The van der Waals surface area contributed by atoms with Crippen LogP contribution in [0.15, 0.2) is 17.1 Å². The Balaban J connectivity index is 1.64. The Labute approximate surface area is 178 Å². The second kappa shape index (κ2) is 6.76. The molecule has 0 aromatic heterocycles. The molecule has 0 radical (unpaired) electrons. The van der Waals surface area contributed by atoms with Gasteiger partial charge >= 0.3 is 6.03 Å². The smallest absolute Gasteiger partial charge is 0.292 e. The van der Waals surface area contributed by atoms with Crippen molar-refractivity contribution >= 4 is 29.7 Å². The highest BCUT2D eigenvalue weighted by Gasteiger charge is 2.61. The number of carbonyl (C=O) groups excluding carboxylic acids is 3. The summed E-state index contributed by atoms with van der Waals surface area (Å²) in [7, 11) is 0. The lowest BCUT2D eigenvalue weighted by Crippen LogP contribution is -2.59. The molecule has 4 atom stereocenters. The molecule has 1 aliphatic heterocycles. The molecule has 1 N–H and O–H groups in total. The SMILES string of the molecule is Cc1cc(C)c(N2C(=O)NC(=O)[C@H](C=N[C@@H]3C[C@@H]4CC[C@@]3(C)C4(C)C)C2=O)c(C)c1. The van der Waals surface area contributed by atoms with Crippen molar-refractivity contribution in [2.45, 2.75) is 66.8 Å². The summed E-state index contributed by atoms with van der Waals surface area (Å²) in [6.07, 6.45) is 4.81. The van der Waals surface area contributed by atoms with Crippen LogP contribution in [0.2, 0.25) is 0 Å². The molecule has 6 nitrogen and oxygen atoms in total. The number of hydrogen-bond acceptors (Lipinski definition) is 4. The van der Waals surface area contributed by atoms with Gasteiger partial charge in [0.1, 0.15) is 0 Å². The third-order valence-corrected chi connectivity index (χ3v) is 8.22. The van der Waals surface area contributed by atoms with Gasteiger partial charge in [0.25, 0.3) is 5.91 Å². The topological polar surface area (TPSA) is 78.8 Å². The minimum Gasteiger partial charge on any atom is -0.292 e. The van der Waals surface area contributed by atoms with E-state index in [-0.39, 0.29) is 16.9 Å². The Bertz CT molecular complexity index is 957. The molecular formula is C24H31N3O3. The third-order valence-electron chi connectivity index (χ3n) is 8.22. The molecule has 4 amide bonds. The van der Waals surface area contributed by atoms with Gasteiger partial charge in [-0.1, -0.05) is 38.5 Å². The monoisotopic (exact) mass is 409 g/mol. The maximum atomic E-state index is 13.3. The number of imide groups is 2. The largest absolute Gasteiger partial charge is 0.335 e. The van der Waals surface area contributed by atoms with Gasteiger partial charge < -0.3 is 0 Å². The van der Waals surface area contributed by atoms with E-state index in [2.05, 4.69) is 26.1 Å². The van der Waals surface area contributed by atoms with Crippen LogP contribution >= 0.6 is 0 Å². The van der Waals surface area contributed by atoms with E-state index >= 15 is 0 Å². The molecule has 4 rings (SSSR count). The Kier molecular flexibility index (Phi) is 4.68. The highest BCUT2D eigenvalue weighted by atomic mass is 16.2. The number of amides is 4. The second-order valence-electron chi connectivity index (χ2n) is 10.1. The van der Waals surface area contributed by atoms with Crippen molar-refractivity contribution in [1.82, 2.24) is 5.32 Å². The number of aliphatic imine (C=N–C) groups is 1. The fourth-order valence-electron chi connectivity index (χ4n) is 6.04. The van der Waals surface area contributed by atoms with E-state index in [1.807, 2.05) is 32.9 Å². The maximum absolute atomic E-state index is 13.3. The highest BCUT2D eigenvalue weighted by Crippen LogP contribution is 2.66. The van der Waals surface area contributed by atoms with Gasteiger partial charge in [0.2, 0.25) is 5.91 Å². The van der Waals surface area contributed by atoms with Crippen molar-refractivity contribution in [1.29, 1.82) is 0 Å². The Morgan fingerprint density at radius 2 is 1.73 bits per heavy atom. The predicted octanol–water partition coefficient (Wildman–Crippen LogP) is 4.10. The van der Waals surface area contributed by atoms with Crippen LogP contribution in [-0.2, 0) is 9.59 Å². The molecule has 3 aliphatic rings. The summed E-state index contributed by atoms with van der Waals surface area (Å²) in [6, 6.07) is 3.26. The summed E-state index contributed by atoms with van der Waals surface area (Å²) in [6.45, 7) is 12.6. The summed E-state index contributed by atoms with van der Waals surface area (Å²) in [4.78, 5) is 44.2. The van der Waals surface area contributed by atoms with Crippen molar-refractivity contribution in [3.63, 3.8) is 0 Å². The zero-order chi connectivity index (χ0) is 22.0. The Morgan fingerprint density at radius 3 is 2.27 bits per heavy atom. The second-order valence-corrected chi connectivity index (χ2v) is 10.1. The summed E-state index contributed by atoms with van der Waals surface area (Å²) in [5, 5.41) is 2.35. The highest BCUT2D eigenvalue weighted by molar-refractivity contribution is 6.33. The zero-order valence-electron chi connectivity index (χ0n) is 18.7. The average molecular weight is 410 g/mol. The van der Waals surface area contributed by atoms with Crippen molar-refractivity contribution in [2.75, 3.05) is 4.90 Å². The number of nitrogens with zero attached hydrogens (tertiary/aromatic N) is 2. The molecule has 1 aromatic carbocycles. The fraction of sp³-hybridized carbons (Fsp3) is 0.583. The van der Waals surface area contributed by atoms with E-state index in [0.717, 1.165) is 34.4 Å². The standard InChI is InChI=1S/C24H31N3O3/c1-13-9-14(2)19(15(3)10-13)27-21(29)17(20(28)26-22(27)30)12-25-18-11-16-7-8-24(18,6)23(16,4)5/h9-10,12,16-18H,7-8,11H2,1-6H3,(H,26,28,30)/t16-,17-,18+,24+/m0/s1. The minimum absolute atomic E-state index is 0.0714. The number of nitrogens with one attached hydrogen (secondary N) is 1. The molecule has 2 aliphatic carbocycles. The number of urea groups is 1. The number of carbonyl (C=O) groups is 3. The van der Waals surface area contributed by atoms with Crippen LogP contribution in [0.1, 0.15) is 56.7 Å². The molecule has 6 heteroatoms. The number of rotatable bonds is 3. The van der Waals surface area contributed by atoms with E-state index in [9.17, 15) is 14.4 Å². The first kappa shape index (κ1) is 20.8. The van der Waals surface area contributed by atoms with Crippen LogP contribution in [0.4, 0.5) is 10.5 Å². The van der Waals surface area contributed by atoms with Crippen molar-refractivity contribution in [2.24, 2.45) is 27.7 Å². The van der Waals surface area contributed by atoms with E-state index in [1.165, 1.54) is 12.6 Å². The number of benzene rings is 1. The number of hydrogen-bond donors (Lipinski definition) is 1. The molecule has 0 spiro atoms. The van der Waals surface area contributed by atoms with E-state index in [4.69, 9.17) is 4.99 Å².